The molecule has 1 aromatic heterocycles. The van der Waals surface area contributed by atoms with E-state index in [1.165, 1.54) is 17.5 Å². The zero-order chi connectivity index (χ0) is 11.7. The van der Waals surface area contributed by atoms with E-state index < -0.39 is 0 Å². The van der Waals surface area contributed by atoms with Crippen LogP contribution in [-0.4, -0.2) is 15.2 Å². The number of nitrogens with two attached hydrogens (primary N) is 1. The highest BCUT2D eigenvalue weighted by molar-refractivity contribution is 5.72. The molecule has 0 bridgehead atoms. The van der Waals surface area contributed by atoms with Crippen molar-refractivity contribution >= 4 is 5.82 Å². The summed E-state index contributed by atoms with van der Waals surface area (Å²) in [6.07, 6.45) is 1.36. The largest absolute Gasteiger partial charge is 0.382 e. The van der Waals surface area contributed by atoms with E-state index in [4.69, 9.17) is 5.73 Å². The van der Waals surface area contributed by atoms with Crippen molar-refractivity contribution in [3.63, 3.8) is 0 Å². The summed E-state index contributed by atoms with van der Waals surface area (Å²) in [6, 6.07) is 4.20. The summed E-state index contributed by atoms with van der Waals surface area (Å²) in [7, 11) is 0. The van der Waals surface area contributed by atoms with Crippen molar-refractivity contribution in [2.45, 2.75) is 20.8 Å². The fraction of sp³-hybridized carbons (Fsp3) is 0.250. The molecule has 2 rings (SSSR count). The number of aromatic nitrogens is 3. The molecule has 1 heterocycles. The molecule has 0 atom stereocenters. The molecule has 4 heteroatoms. The molecule has 0 saturated heterocycles. The minimum absolute atomic E-state index is 0.418. The molecule has 0 saturated carbocycles. The van der Waals surface area contributed by atoms with Crippen LogP contribution in [0.15, 0.2) is 18.5 Å². The lowest BCUT2D eigenvalue weighted by atomic mass is 9.99. The number of rotatable bonds is 1. The summed E-state index contributed by atoms with van der Waals surface area (Å²) < 4.78 is 0. The molecule has 82 valence electrons. The van der Waals surface area contributed by atoms with Crippen molar-refractivity contribution in [1.82, 2.24) is 15.2 Å². The molecule has 4 nitrogen and oxygen atoms in total. The molecular formula is C12H14N4. The second-order valence-corrected chi connectivity index (χ2v) is 3.95. The second-order valence-electron chi connectivity index (χ2n) is 3.95. The SMILES string of the molecule is Cc1cc(C)c(-c2nncnc2N)cc1C. The van der Waals surface area contributed by atoms with Crippen LogP contribution in [0.3, 0.4) is 0 Å². The van der Waals surface area contributed by atoms with Gasteiger partial charge in [-0.05, 0) is 43.5 Å². The Kier molecular flexibility index (Phi) is 2.56. The average molecular weight is 214 g/mol. The third kappa shape index (κ3) is 1.74. The van der Waals surface area contributed by atoms with Gasteiger partial charge in [-0.25, -0.2) is 4.98 Å². The van der Waals surface area contributed by atoms with Crippen LogP contribution in [0.2, 0.25) is 0 Å². The molecule has 2 aromatic rings. The molecule has 0 aliphatic carbocycles. The highest BCUT2D eigenvalue weighted by Gasteiger charge is 2.10. The maximum absolute atomic E-state index is 5.80. The molecule has 0 radical (unpaired) electrons. The summed E-state index contributed by atoms with van der Waals surface area (Å²) in [5.74, 6) is 0.418. The molecule has 0 aliphatic heterocycles. The van der Waals surface area contributed by atoms with Crippen LogP contribution in [-0.2, 0) is 0 Å². The second kappa shape index (κ2) is 3.89. The quantitative estimate of drug-likeness (QED) is 0.789. The Morgan fingerprint density at radius 2 is 1.69 bits per heavy atom. The van der Waals surface area contributed by atoms with Gasteiger partial charge in [0.1, 0.15) is 12.0 Å². The summed E-state index contributed by atoms with van der Waals surface area (Å²) in [5, 5.41) is 7.82. The van der Waals surface area contributed by atoms with Gasteiger partial charge in [-0.2, -0.15) is 0 Å². The molecule has 0 unspecified atom stereocenters. The number of hydrogen-bond donors (Lipinski definition) is 1. The Hall–Kier alpha value is -1.97. The van der Waals surface area contributed by atoms with Crippen molar-refractivity contribution < 1.29 is 0 Å². The first-order chi connectivity index (χ1) is 7.59. The fourth-order valence-corrected chi connectivity index (χ4v) is 1.69. The van der Waals surface area contributed by atoms with E-state index in [0.29, 0.717) is 11.5 Å². The van der Waals surface area contributed by atoms with E-state index in [1.54, 1.807) is 0 Å². The maximum Gasteiger partial charge on any atom is 0.153 e. The van der Waals surface area contributed by atoms with Crippen LogP contribution in [0.4, 0.5) is 5.82 Å². The van der Waals surface area contributed by atoms with E-state index in [-0.39, 0.29) is 0 Å². The lowest BCUT2D eigenvalue weighted by Crippen LogP contribution is -2.00. The number of hydrogen-bond acceptors (Lipinski definition) is 4. The number of benzene rings is 1. The van der Waals surface area contributed by atoms with Crippen LogP contribution >= 0.6 is 0 Å². The normalized spacial score (nSPS) is 10.4. The van der Waals surface area contributed by atoms with E-state index in [1.807, 2.05) is 6.92 Å². The van der Waals surface area contributed by atoms with Gasteiger partial charge in [0.15, 0.2) is 5.82 Å². The summed E-state index contributed by atoms with van der Waals surface area (Å²) in [5.41, 5.74) is 11.1. The fourth-order valence-electron chi connectivity index (χ4n) is 1.69. The minimum atomic E-state index is 0.418. The van der Waals surface area contributed by atoms with Crippen LogP contribution in [0, 0.1) is 20.8 Å². The molecule has 16 heavy (non-hydrogen) atoms. The highest BCUT2D eigenvalue weighted by Crippen LogP contribution is 2.26. The maximum atomic E-state index is 5.80. The van der Waals surface area contributed by atoms with Gasteiger partial charge in [0.2, 0.25) is 0 Å². The predicted octanol–water partition coefficient (Wildman–Crippen LogP) is 2.05. The van der Waals surface area contributed by atoms with Gasteiger partial charge in [-0.3, -0.25) is 0 Å². The van der Waals surface area contributed by atoms with Crippen molar-refractivity contribution in [2.75, 3.05) is 5.73 Å². The summed E-state index contributed by atoms with van der Waals surface area (Å²) in [6.45, 7) is 6.19. The molecule has 1 aromatic carbocycles. The number of nitrogen functional groups attached to an aromatic ring is 1. The van der Waals surface area contributed by atoms with Crippen molar-refractivity contribution in [3.05, 3.63) is 35.2 Å². The summed E-state index contributed by atoms with van der Waals surface area (Å²) >= 11 is 0. The molecular weight excluding hydrogens is 200 g/mol. The number of anilines is 1. The third-order valence-electron chi connectivity index (χ3n) is 2.74. The van der Waals surface area contributed by atoms with Crippen molar-refractivity contribution in [2.24, 2.45) is 0 Å². The number of aryl methyl sites for hydroxylation is 3. The Labute approximate surface area is 94.6 Å². The van der Waals surface area contributed by atoms with E-state index >= 15 is 0 Å². The summed E-state index contributed by atoms with van der Waals surface area (Å²) in [4.78, 5) is 3.95. The van der Waals surface area contributed by atoms with Gasteiger partial charge in [0.25, 0.3) is 0 Å². The first-order valence-electron chi connectivity index (χ1n) is 5.11. The van der Waals surface area contributed by atoms with Gasteiger partial charge < -0.3 is 5.73 Å². The third-order valence-corrected chi connectivity index (χ3v) is 2.74. The van der Waals surface area contributed by atoms with Crippen LogP contribution in [0.1, 0.15) is 16.7 Å². The lowest BCUT2D eigenvalue weighted by molar-refractivity contribution is 0.981. The number of nitrogens with zero attached hydrogens (tertiary/aromatic N) is 3. The minimum Gasteiger partial charge on any atom is -0.382 e. The van der Waals surface area contributed by atoms with Crippen LogP contribution < -0.4 is 5.73 Å². The van der Waals surface area contributed by atoms with Crippen LogP contribution in [0.25, 0.3) is 11.3 Å². The topological polar surface area (TPSA) is 64.7 Å². The molecule has 0 spiro atoms. The van der Waals surface area contributed by atoms with Gasteiger partial charge >= 0.3 is 0 Å². The Morgan fingerprint density at radius 3 is 2.38 bits per heavy atom. The van der Waals surface area contributed by atoms with E-state index in [2.05, 4.69) is 41.2 Å². The van der Waals surface area contributed by atoms with Gasteiger partial charge in [0.05, 0.1) is 0 Å². The predicted molar refractivity (Wildman–Crippen MR) is 63.9 cm³/mol. The Bertz CT molecular complexity index is 535. The molecule has 0 amide bonds. The van der Waals surface area contributed by atoms with Gasteiger partial charge in [0, 0.05) is 5.56 Å². The van der Waals surface area contributed by atoms with Crippen LogP contribution in [0.5, 0.6) is 0 Å². The van der Waals surface area contributed by atoms with Gasteiger partial charge in [-0.1, -0.05) is 6.07 Å². The first-order valence-corrected chi connectivity index (χ1v) is 5.11. The standard InChI is InChI=1S/C12H14N4/c1-7-4-9(3)10(5-8(7)2)11-12(13)14-6-15-16-11/h4-6H,1-3H3,(H2,13,14,15). The lowest BCUT2D eigenvalue weighted by Gasteiger charge is -2.09. The average Bonchev–Trinajstić information content (AvgIpc) is 2.25. The van der Waals surface area contributed by atoms with E-state index in [0.717, 1.165) is 11.1 Å². The Balaban J connectivity index is 2.65. The molecule has 0 aliphatic rings. The zero-order valence-corrected chi connectivity index (χ0v) is 9.65. The van der Waals surface area contributed by atoms with Crippen molar-refractivity contribution in [3.8, 4) is 11.3 Å². The Morgan fingerprint density at radius 1 is 1.00 bits per heavy atom. The smallest absolute Gasteiger partial charge is 0.153 e. The molecule has 2 N–H and O–H groups in total. The van der Waals surface area contributed by atoms with E-state index in [9.17, 15) is 0 Å². The van der Waals surface area contributed by atoms with Gasteiger partial charge in [-0.15, -0.1) is 10.2 Å². The zero-order valence-electron chi connectivity index (χ0n) is 9.65. The monoisotopic (exact) mass is 214 g/mol. The first kappa shape index (κ1) is 10.5. The highest BCUT2D eigenvalue weighted by atomic mass is 15.1. The molecule has 0 fully saturated rings. The van der Waals surface area contributed by atoms with Crippen molar-refractivity contribution in [1.29, 1.82) is 0 Å².